The number of nitrogens with zero attached hydrogens (tertiary/aromatic N) is 4. The summed E-state index contributed by atoms with van der Waals surface area (Å²) < 4.78 is 22.3. The summed E-state index contributed by atoms with van der Waals surface area (Å²) in [5.74, 6) is -0.109. The quantitative estimate of drug-likeness (QED) is 0.779. The average molecular weight is 322 g/mol. The minimum atomic E-state index is -3.58. The molecule has 0 spiro atoms. The summed E-state index contributed by atoms with van der Waals surface area (Å²) in [6, 6.07) is 7.09. The predicted molar refractivity (Wildman–Crippen MR) is 78.0 cm³/mol. The van der Waals surface area contributed by atoms with Crippen molar-refractivity contribution in [1.82, 2.24) is 20.6 Å². The van der Waals surface area contributed by atoms with Crippen LogP contribution in [0, 0.1) is 5.92 Å². The lowest BCUT2D eigenvalue weighted by Gasteiger charge is -2.16. The molecule has 3 N–H and O–H groups in total. The molecule has 3 rings (SSSR count). The number of amides is 1. The minimum absolute atomic E-state index is 0.110. The van der Waals surface area contributed by atoms with Gasteiger partial charge < -0.3 is 4.90 Å². The van der Waals surface area contributed by atoms with Gasteiger partial charge in [0.05, 0.1) is 5.75 Å². The van der Waals surface area contributed by atoms with Crippen molar-refractivity contribution in [1.29, 1.82) is 0 Å². The van der Waals surface area contributed by atoms with E-state index in [1.54, 1.807) is 29.2 Å². The van der Waals surface area contributed by atoms with Crippen molar-refractivity contribution in [3.63, 3.8) is 0 Å². The third kappa shape index (κ3) is 3.12. The second-order valence-electron chi connectivity index (χ2n) is 5.19. The Hall–Kier alpha value is -2.33. The van der Waals surface area contributed by atoms with Crippen LogP contribution in [0.4, 0.5) is 5.69 Å². The smallest absolute Gasteiger partial charge is 0.227 e. The number of anilines is 1. The summed E-state index contributed by atoms with van der Waals surface area (Å²) in [7, 11) is -3.58. The van der Waals surface area contributed by atoms with Gasteiger partial charge in [0.25, 0.3) is 0 Å². The van der Waals surface area contributed by atoms with Crippen molar-refractivity contribution >= 4 is 21.6 Å². The molecule has 116 valence electrons. The predicted octanol–water partition coefficient (Wildman–Crippen LogP) is -0.492. The first-order chi connectivity index (χ1) is 10.4. The maximum atomic E-state index is 12.0. The van der Waals surface area contributed by atoms with Gasteiger partial charge in [0.2, 0.25) is 21.8 Å². The molecule has 9 nitrogen and oxygen atoms in total. The summed E-state index contributed by atoms with van der Waals surface area (Å²) in [5.41, 5.74) is 1.47. The van der Waals surface area contributed by atoms with Crippen LogP contribution in [0.3, 0.4) is 0 Å². The standard InChI is InChI=1S/C12H14N6O3S/c13-22(20,21)7-8-5-11(19)18(6-8)10-3-1-9(2-4-10)12-14-16-17-15-12/h1-4,8H,5-7H2,(H2,13,20,21)(H,14,15,16,17). The molecule has 1 amide bonds. The average Bonchev–Trinajstić information content (AvgIpc) is 3.07. The van der Waals surface area contributed by atoms with E-state index in [0.29, 0.717) is 18.1 Å². The maximum absolute atomic E-state index is 12.0. The van der Waals surface area contributed by atoms with Crippen molar-refractivity contribution < 1.29 is 13.2 Å². The van der Waals surface area contributed by atoms with Gasteiger partial charge in [-0.2, -0.15) is 5.21 Å². The molecule has 0 saturated carbocycles. The van der Waals surface area contributed by atoms with E-state index in [9.17, 15) is 13.2 Å². The Bertz CT molecular complexity index is 772. The molecule has 2 aromatic rings. The van der Waals surface area contributed by atoms with E-state index in [1.807, 2.05) is 0 Å². The van der Waals surface area contributed by atoms with Crippen LogP contribution in [-0.4, -0.2) is 47.2 Å². The fourth-order valence-corrected chi connectivity index (χ4v) is 3.43. The normalized spacial score (nSPS) is 18.9. The van der Waals surface area contributed by atoms with Crippen molar-refractivity contribution in [2.45, 2.75) is 6.42 Å². The van der Waals surface area contributed by atoms with Crippen LogP contribution in [0.25, 0.3) is 11.4 Å². The second-order valence-corrected chi connectivity index (χ2v) is 6.85. The molecular formula is C12H14N6O3S. The Morgan fingerprint density at radius 1 is 1.32 bits per heavy atom. The van der Waals surface area contributed by atoms with E-state index in [4.69, 9.17) is 5.14 Å². The Morgan fingerprint density at radius 3 is 2.64 bits per heavy atom. The zero-order valence-corrected chi connectivity index (χ0v) is 12.3. The van der Waals surface area contributed by atoms with E-state index in [0.717, 1.165) is 5.56 Å². The van der Waals surface area contributed by atoms with Gasteiger partial charge in [0.15, 0.2) is 0 Å². The zero-order chi connectivity index (χ0) is 15.7. The number of sulfonamides is 1. The number of rotatable bonds is 4. The topological polar surface area (TPSA) is 135 Å². The Labute approximate surface area is 126 Å². The number of aromatic nitrogens is 4. The molecule has 22 heavy (non-hydrogen) atoms. The molecule has 1 aliphatic heterocycles. The van der Waals surface area contributed by atoms with Crippen LogP contribution < -0.4 is 10.0 Å². The first-order valence-corrected chi connectivity index (χ1v) is 8.28. The number of hydrogen-bond donors (Lipinski definition) is 2. The summed E-state index contributed by atoms with van der Waals surface area (Å²) in [6.45, 7) is 0.344. The highest BCUT2D eigenvalue weighted by molar-refractivity contribution is 7.89. The highest BCUT2D eigenvalue weighted by atomic mass is 32.2. The number of nitrogens with two attached hydrogens (primary N) is 1. The second kappa shape index (κ2) is 5.46. The molecule has 10 heteroatoms. The van der Waals surface area contributed by atoms with Crippen molar-refractivity contribution in [3.8, 4) is 11.4 Å². The molecule has 1 saturated heterocycles. The van der Waals surface area contributed by atoms with E-state index in [2.05, 4.69) is 20.6 Å². The van der Waals surface area contributed by atoms with Crippen LogP contribution in [-0.2, 0) is 14.8 Å². The maximum Gasteiger partial charge on any atom is 0.227 e. The monoisotopic (exact) mass is 322 g/mol. The van der Waals surface area contributed by atoms with Crippen molar-refractivity contribution in [2.24, 2.45) is 11.1 Å². The SMILES string of the molecule is NS(=O)(=O)CC1CC(=O)N(c2ccc(-c3nn[nH]n3)cc2)C1. The lowest BCUT2D eigenvalue weighted by molar-refractivity contribution is -0.117. The number of tetrazole rings is 1. The largest absolute Gasteiger partial charge is 0.312 e. The van der Waals surface area contributed by atoms with E-state index in [1.165, 1.54) is 0 Å². The van der Waals surface area contributed by atoms with Crippen molar-refractivity contribution in [3.05, 3.63) is 24.3 Å². The number of benzene rings is 1. The van der Waals surface area contributed by atoms with Gasteiger partial charge in [-0.05, 0) is 29.5 Å². The van der Waals surface area contributed by atoms with Crippen LogP contribution in [0.2, 0.25) is 0 Å². The summed E-state index contributed by atoms with van der Waals surface area (Å²) in [4.78, 5) is 13.6. The molecule has 0 aliphatic carbocycles. The molecule has 1 unspecified atom stereocenters. The Balaban J connectivity index is 1.76. The summed E-state index contributed by atoms with van der Waals surface area (Å²) in [5, 5.41) is 18.6. The molecule has 1 aromatic carbocycles. The minimum Gasteiger partial charge on any atom is -0.312 e. The first-order valence-electron chi connectivity index (χ1n) is 6.57. The number of aromatic amines is 1. The molecule has 1 aromatic heterocycles. The van der Waals surface area contributed by atoms with Gasteiger partial charge in [0, 0.05) is 30.1 Å². The fraction of sp³-hybridized carbons (Fsp3) is 0.333. The van der Waals surface area contributed by atoms with Crippen LogP contribution in [0.15, 0.2) is 24.3 Å². The first kappa shape index (κ1) is 14.6. The van der Waals surface area contributed by atoms with Gasteiger partial charge in [-0.1, -0.05) is 0 Å². The van der Waals surface area contributed by atoms with Crippen LogP contribution >= 0.6 is 0 Å². The fourth-order valence-electron chi connectivity index (χ4n) is 2.55. The molecule has 1 fully saturated rings. The number of nitrogens with one attached hydrogen (secondary N) is 1. The van der Waals surface area contributed by atoms with E-state index in [-0.39, 0.29) is 24.0 Å². The van der Waals surface area contributed by atoms with E-state index < -0.39 is 10.0 Å². The molecule has 1 aliphatic rings. The third-order valence-corrected chi connectivity index (χ3v) is 4.39. The highest BCUT2D eigenvalue weighted by Crippen LogP contribution is 2.27. The van der Waals surface area contributed by atoms with Crippen LogP contribution in [0.5, 0.6) is 0 Å². The van der Waals surface area contributed by atoms with Gasteiger partial charge >= 0.3 is 0 Å². The zero-order valence-electron chi connectivity index (χ0n) is 11.5. The number of hydrogen-bond acceptors (Lipinski definition) is 6. The number of carbonyl (C=O) groups excluding carboxylic acids is 1. The van der Waals surface area contributed by atoms with Crippen molar-refractivity contribution in [2.75, 3.05) is 17.2 Å². The van der Waals surface area contributed by atoms with Gasteiger partial charge in [-0.15, -0.1) is 10.2 Å². The van der Waals surface area contributed by atoms with E-state index >= 15 is 0 Å². The number of H-pyrrole nitrogens is 1. The van der Waals surface area contributed by atoms with Gasteiger partial charge in [0.1, 0.15) is 0 Å². The van der Waals surface area contributed by atoms with Gasteiger partial charge in [-0.3, -0.25) is 4.79 Å². The summed E-state index contributed by atoms with van der Waals surface area (Å²) in [6.07, 6.45) is 0.184. The third-order valence-electron chi connectivity index (χ3n) is 3.46. The molecule has 0 radical (unpaired) electrons. The number of primary sulfonamides is 1. The molecule has 2 heterocycles. The highest BCUT2D eigenvalue weighted by Gasteiger charge is 2.32. The van der Waals surface area contributed by atoms with Gasteiger partial charge in [-0.25, -0.2) is 13.6 Å². The Morgan fingerprint density at radius 2 is 2.05 bits per heavy atom. The molecular weight excluding hydrogens is 308 g/mol. The number of carbonyl (C=O) groups is 1. The Kier molecular flexibility index (Phi) is 3.62. The molecule has 0 bridgehead atoms. The summed E-state index contributed by atoms with van der Waals surface area (Å²) >= 11 is 0. The molecule has 1 atom stereocenters. The van der Waals surface area contributed by atoms with Crippen LogP contribution in [0.1, 0.15) is 6.42 Å². The lowest BCUT2D eigenvalue weighted by Crippen LogP contribution is -2.27. The lowest BCUT2D eigenvalue weighted by atomic mass is 10.1.